The summed E-state index contributed by atoms with van der Waals surface area (Å²) in [5.74, 6) is 1.62. The number of rotatable bonds is 6. The molecule has 1 N–H and O–H groups in total. The maximum Gasteiger partial charge on any atom is 0.223 e. The second kappa shape index (κ2) is 9.48. The van der Waals surface area contributed by atoms with Gasteiger partial charge in [-0.15, -0.1) is 0 Å². The zero-order valence-electron chi connectivity index (χ0n) is 17.3. The second-order valence-electron chi connectivity index (χ2n) is 7.57. The summed E-state index contributed by atoms with van der Waals surface area (Å²) in [4.78, 5) is 28.6. The van der Waals surface area contributed by atoms with Gasteiger partial charge in [-0.3, -0.25) is 9.78 Å². The summed E-state index contributed by atoms with van der Waals surface area (Å²) < 4.78 is 0. The highest BCUT2D eigenvalue weighted by atomic mass is 16.2. The van der Waals surface area contributed by atoms with Crippen LogP contribution in [-0.2, 0) is 4.79 Å². The highest BCUT2D eigenvalue weighted by Gasteiger charge is 2.30. The minimum absolute atomic E-state index is 0.0871. The van der Waals surface area contributed by atoms with Gasteiger partial charge in [-0.05, 0) is 49.9 Å². The van der Waals surface area contributed by atoms with Gasteiger partial charge in [0.2, 0.25) is 5.91 Å². The Labute approximate surface area is 177 Å². The third-order valence-corrected chi connectivity index (χ3v) is 5.35. The maximum absolute atomic E-state index is 12.8. The summed E-state index contributed by atoms with van der Waals surface area (Å²) in [7, 11) is 0. The number of nitrogens with zero attached hydrogens (tertiary/aromatic N) is 4. The predicted molar refractivity (Wildman–Crippen MR) is 118 cm³/mol. The molecule has 1 aliphatic heterocycles. The monoisotopic (exact) mass is 401 g/mol. The Bertz CT molecular complexity index is 977. The predicted octanol–water partition coefficient (Wildman–Crippen LogP) is 5.14. The molecule has 3 heterocycles. The molecule has 1 aromatic carbocycles. The normalized spacial score (nSPS) is 16.3. The van der Waals surface area contributed by atoms with Crippen molar-refractivity contribution in [3.8, 4) is 11.3 Å². The van der Waals surface area contributed by atoms with Crippen LogP contribution in [0.2, 0.25) is 0 Å². The van der Waals surface area contributed by atoms with Crippen molar-refractivity contribution < 1.29 is 4.79 Å². The fourth-order valence-electron chi connectivity index (χ4n) is 3.87. The molecule has 1 fully saturated rings. The quantitative estimate of drug-likeness (QED) is 0.619. The fourth-order valence-corrected chi connectivity index (χ4v) is 3.87. The molecule has 0 aliphatic carbocycles. The molecular weight excluding hydrogens is 374 g/mol. The van der Waals surface area contributed by atoms with Crippen molar-refractivity contribution in [3.63, 3.8) is 0 Å². The van der Waals surface area contributed by atoms with Crippen LogP contribution in [0.15, 0.2) is 60.9 Å². The Balaban J connectivity index is 1.73. The van der Waals surface area contributed by atoms with Gasteiger partial charge in [-0.1, -0.05) is 25.1 Å². The minimum atomic E-state index is -0.0871. The minimum Gasteiger partial charge on any atom is -0.340 e. The third kappa shape index (κ3) is 4.64. The van der Waals surface area contributed by atoms with Crippen molar-refractivity contribution in [2.24, 2.45) is 0 Å². The van der Waals surface area contributed by atoms with E-state index in [0.29, 0.717) is 12.2 Å². The molecule has 3 aromatic rings. The number of nitrogens with one attached hydrogen (secondary N) is 1. The van der Waals surface area contributed by atoms with E-state index >= 15 is 0 Å². The van der Waals surface area contributed by atoms with Crippen molar-refractivity contribution >= 4 is 17.4 Å². The lowest BCUT2D eigenvalue weighted by molar-refractivity contribution is -0.135. The van der Waals surface area contributed by atoms with Gasteiger partial charge in [0, 0.05) is 42.7 Å². The summed E-state index contributed by atoms with van der Waals surface area (Å²) in [6.45, 7) is 2.81. The molecule has 4 rings (SSSR count). The van der Waals surface area contributed by atoms with E-state index < -0.39 is 0 Å². The number of likely N-dealkylation sites (tertiary alicyclic amines) is 1. The Morgan fingerprint density at radius 1 is 1.10 bits per heavy atom. The molecule has 154 valence electrons. The van der Waals surface area contributed by atoms with E-state index in [4.69, 9.17) is 9.97 Å². The largest absolute Gasteiger partial charge is 0.340 e. The number of aromatic nitrogens is 3. The van der Waals surface area contributed by atoms with E-state index in [1.165, 1.54) is 0 Å². The van der Waals surface area contributed by atoms with Gasteiger partial charge in [-0.25, -0.2) is 9.97 Å². The lowest BCUT2D eigenvalue weighted by Crippen LogP contribution is -2.39. The van der Waals surface area contributed by atoms with Crippen LogP contribution in [0, 0.1) is 0 Å². The molecule has 1 saturated heterocycles. The smallest absolute Gasteiger partial charge is 0.223 e. The molecule has 30 heavy (non-hydrogen) atoms. The second-order valence-corrected chi connectivity index (χ2v) is 7.57. The summed E-state index contributed by atoms with van der Waals surface area (Å²) in [5, 5.41) is 3.39. The van der Waals surface area contributed by atoms with Gasteiger partial charge in [0.25, 0.3) is 0 Å². The molecule has 6 heteroatoms. The molecule has 0 bridgehead atoms. The molecule has 1 unspecified atom stereocenters. The Morgan fingerprint density at radius 3 is 2.67 bits per heavy atom. The van der Waals surface area contributed by atoms with Crippen LogP contribution in [0.25, 0.3) is 11.3 Å². The number of carbonyl (C=O) groups is 1. The van der Waals surface area contributed by atoms with Crippen LogP contribution < -0.4 is 5.32 Å². The molecular formula is C24H27N5O. The number of piperidine rings is 1. The first-order chi connectivity index (χ1) is 14.7. The van der Waals surface area contributed by atoms with Crippen LogP contribution in [0.4, 0.5) is 11.5 Å². The van der Waals surface area contributed by atoms with Crippen molar-refractivity contribution in [1.82, 2.24) is 19.9 Å². The molecule has 0 radical (unpaired) electrons. The van der Waals surface area contributed by atoms with Gasteiger partial charge in [0.15, 0.2) is 5.82 Å². The van der Waals surface area contributed by atoms with E-state index in [1.807, 2.05) is 60.4 Å². The summed E-state index contributed by atoms with van der Waals surface area (Å²) in [6.07, 6.45) is 7.94. The molecule has 1 aliphatic rings. The van der Waals surface area contributed by atoms with E-state index in [-0.39, 0.29) is 11.9 Å². The van der Waals surface area contributed by atoms with Crippen LogP contribution >= 0.6 is 0 Å². The number of carbonyl (C=O) groups excluding carboxylic acids is 1. The Kier molecular flexibility index (Phi) is 6.32. The molecule has 1 atom stereocenters. The van der Waals surface area contributed by atoms with E-state index in [1.54, 1.807) is 12.4 Å². The topological polar surface area (TPSA) is 71.0 Å². The van der Waals surface area contributed by atoms with Gasteiger partial charge >= 0.3 is 0 Å². The van der Waals surface area contributed by atoms with Gasteiger partial charge < -0.3 is 10.2 Å². The zero-order valence-corrected chi connectivity index (χ0v) is 17.3. The first kappa shape index (κ1) is 20.0. The molecule has 2 aromatic heterocycles. The third-order valence-electron chi connectivity index (χ3n) is 5.35. The van der Waals surface area contributed by atoms with Crippen molar-refractivity contribution in [3.05, 3.63) is 66.7 Å². The lowest BCUT2D eigenvalue weighted by Gasteiger charge is -2.35. The van der Waals surface area contributed by atoms with Crippen molar-refractivity contribution in [2.75, 3.05) is 11.9 Å². The fraction of sp³-hybridized carbons (Fsp3) is 0.333. The number of para-hydroxylation sites is 1. The highest BCUT2D eigenvalue weighted by Crippen LogP contribution is 2.32. The van der Waals surface area contributed by atoms with Gasteiger partial charge in [0.05, 0.1) is 11.7 Å². The lowest BCUT2D eigenvalue weighted by atomic mass is 10.00. The van der Waals surface area contributed by atoms with Crippen LogP contribution in [0.3, 0.4) is 0 Å². The number of hydrogen-bond acceptors (Lipinski definition) is 5. The number of amides is 1. The van der Waals surface area contributed by atoms with E-state index in [2.05, 4.69) is 10.3 Å². The zero-order chi connectivity index (χ0) is 20.8. The Morgan fingerprint density at radius 2 is 1.90 bits per heavy atom. The first-order valence-corrected chi connectivity index (χ1v) is 10.7. The number of benzene rings is 1. The number of hydrogen-bond donors (Lipinski definition) is 1. The first-order valence-electron chi connectivity index (χ1n) is 10.7. The molecule has 0 spiro atoms. The van der Waals surface area contributed by atoms with Gasteiger partial charge in [0.1, 0.15) is 5.82 Å². The van der Waals surface area contributed by atoms with E-state index in [0.717, 1.165) is 55.0 Å². The molecule has 6 nitrogen and oxygen atoms in total. The molecule has 0 saturated carbocycles. The summed E-state index contributed by atoms with van der Waals surface area (Å²) >= 11 is 0. The summed E-state index contributed by atoms with van der Waals surface area (Å²) in [5.41, 5.74) is 2.77. The number of pyridine rings is 1. The van der Waals surface area contributed by atoms with Crippen LogP contribution in [0.5, 0.6) is 0 Å². The Hall–Kier alpha value is -3.28. The standard InChI is InChI=1S/C24H27N5O/c1-2-8-23(30)29-16-7-6-11-21(29)24-27-20(18-12-14-25-15-13-18)17-22(28-24)26-19-9-4-3-5-10-19/h3-5,9-10,12-15,17,21H,2,6-8,11,16H2,1H3,(H,26,27,28). The van der Waals surface area contributed by atoms with Gasteiger partial charge in [-0.2, -0.15) is 0 Å². The molecule has 1 amide bonds. The average molecular weight is 402 g/mol. The maximum atomic E-state index is 12.8. The number of anilines is 2. The van der Waals surface area contributed by atoms with Crippen molar-refractivity contribution in [1.29, 1.82) is 0 Å². The summed E-state index contributed by atoms with van der Waals surface area (Å²) in [6, 6.07) is 15.7. The van der Waals surface area contributed by atoms with Crippen molar-refractivity contribution in [2.45, 2.75) is 45.1 Å². The van der Waals surface area contributed by atoms with Crippen LogP contribution in [0.1, 0.15) is 50.9 Å². The average Bonchev–Trinajstić information content (AvgIpc) is 2.80. The van der Waals surface area contributed by atoms with E-state index in [9.17, 15) is 4.79 Å². The highest BCUT2D eigenvalue weighted by molar-refractivity contribution is 5.76. The SMILES string of the molecule is CCCC(=O)N1CCCCC1c1nc(Nc2ccccc2)cc(-c2ccncc2)n1. The van der Waals surface area contributed by atoms with Crippen LogP contribution in [-0.4, -0.2) is 32.3 Å².